The molecule has 1 aliphatic rings. The summed E-state index contributed by atoms with van der Waals surface area (Å²) >= 11 is 0. The second-order valence-corrected chi connectivity index (χ2v) is 6.73. The van der Waals surface area contributed by atoms with Gasteiger partial charge < -0.3 is 9.84 Å². The molecular weight excluding hydrogens is 402 g/mol. The number of aromatic nitrogens is 3. The summed E-state index contributed by atoms with van der Waals surface area (Å²) in [5.74, 6) is 0.00109. The lowest BCUT2D eigenvalue weighted by atomic mass is 9.98. The van der Waals surface area contributed by atoms with E-state index in [0.717, 1.165) is 19.2 Å². The molecule has 0 bridgehead atoms. The molecule has 154 valence electrons. The van der Waals surface area contributed by atoms with Gasteiger partial charge in [-0.25, -0.2) is 4.98 Å². The van der Waals surface area contributed by atoms with E-state index >= 15 is 0 Å². The van der Waals surface area contributed by atoms with Crippen LogP contribution in [-0.4, -0.2) is 28.2 Å². The first-order chi connectivity index (χ1) is 13.6. The predicted octanol–water partition coefficient (Wildman–Crippen LogP) is 4.79. The molecule has 2 aromatic heterocycles. The molecule has 0 amide bonds. The van der Waals surface area contributed by atoms with Crippen LogP contribution >= 0.6 is 0 Å². The van der Waals surface area contributed by atoms with Crippen molar-refractivity contribution in [3.63, 3.8) is 0 Å². The number of nitrogens with zero attached hydrogens (tertiary/aromatic N) is 3. The van der Waals surface area contributed by atoms with Gasteiger partial charge in [0.25, 0.3) is 0 Å². The molecule has 1 saturated heterocycles. The lowest BCUT2D eigenvalue weighted by Crippen LogP contribution is -2.26. The number of pyridine rings is 1. The Hall–Kier alpha value is -2.69. The van der Waals surface area contributed by atoms with Gasteiger partial charge in [0.1, 0.15) is 5.69 Å². The number of piperidine rings is 1. The fraction of sp³-hybridized carbons (Fsp3) is 0.389. The summed E-state index contributed by atoms with van der Waals surface area (Å²) in [5, 5.41) is 6.77. The number of halogens is 6. The fourth-order valence-electron chi connectivity index (χ4n) is 3.39. The number of hydrogen-bond acceptors (Lipinski definition) is 5. The van der Waals surface area contributed by atoms with Crippen molar-refractivity contribution in [2.24, 2.45) is 0 Å². The van der Waals surface area contributed by atoms with Crippen LogP contribution in [0.25, 0.3) is 22.3 Å². The van der Waals surface area contributed by atoms with Crippen LogP contribution in [0.1, 0.15) is 35.9 Å². The minimum atomic E-state index is -4.94. The van der Waals surface area contributed by atoms with Crippen LogP contribution in [0, 0.1) is 0 Å². The van der Waals surface area contributed by atoms with Gasteiger partial charge in [-0.2, -0.15) is 31.3 Å². The highest BCUT2D eigenvalue weighted by atomic mass is 19.4. The van der Waals surface area contributed by atoms with Crippen molar-refractivity contribution in [3.8, 4) is 11.4 Å². The Morgan fingerprint density at radius 3 is 2.34 bits per heavy atom. The van der Waals surface area contributed by atoms with Crippen molar-refractivity contribution in [1.29, 1.82) is 0 Å². The third kappa shape index (κ3) is 3.78. The van der Waals surface area contributed by atoms with Gasteiger partial charge in [0.2, 0.25) is 11.7 Å². The van der Waals surface area contributed by atoms with Gasteiger partial charge in [-0.05, 0) is 38.1 Å². The van der Waals surface area contributed by atoms with Gasteiger partial charge in [-0.15, -0.1) is 0 Å². The summed E-state index contributed by atoms with van der Waals surface area (Å²) in [6, 6.07) is 3.71. The Morgan fingerprint density at radius 2 is 1.69 bits per heavy atom. The number of hydrogen-bond donors (Lipinski definition) is 1. The predicted molar refractivity (Wildman–Crippen MR) is 89.9 cm³/mol. The second-order valence-electron chi connectivity index (χ2n) is 6.73. The lowest BCUT2D eigenvalue weighted by molar-refractivity contribution is -0.142. The van der Waals surface area contributed by atoms with E-state index in [0.29, 0.717) is 25.0 Å². The molecule has 0 saturated carbocycles. The number of benzene rings is 1. The van der Waals surface area contributed by atoms with Crippen molar-refractivity contribution < 1.29 is 30.9 Å². The minimum Gasteiger partial charge on any atom is -0.339 e. The van der Waals surface area contributed by atoms with Crippen molar-refractivity contribution in [2.45, 2.75) is 31.1 Å². The fourth-order valence-corrected chi connectivity index (χ4v) is 3.39. The summed E-state index contributed by atoms with van der Waals surface area (Å²) in [4.78, 5) is 7.44. The SMILES string of the molecule is FC(F)(F)c1cc(-c2noc(C3CCNCC3)n2)c2cccc(C(F)(F)F)c2n1. The van der Waals surface area contributed by atoms with Crippen molar-refractivity contribution >= 4 is 10.9 Å². The molecule has 1 N–H and O–H groups in total. The largest absolute Gasteiger partial charge is 0.433 e. The minimum absolute atomic E-state index is 0.0570. The lowest BCUT2D eigenvalue weighted by Gasteiger charge is -2.18. The van der Waals surface area contributed by atoms with Crippen LogP contribution < -0.4 is 5.32 Å². The molecule has 11 heteroatoms. The first-order valence-electron chi connectivity index (χ1n) is 8.77. The first kappa shape index (κ1) is 19.6. The topological polar surface area (TPSA) is 63.8 Å². The zero-order valence-corrected chi connectivity index (χ0v) is 14.7. The molecule has 0 aliphatic carbocycles. The van der Waals surface area contributed by atoms with Crippen molar-refractivity contribution in [2.75, 3.05) is 13.1 Å². The third-order valence-electron chi connectivity index (χ3n) is 4.81. The van der Waals surface area contributed by atoms with E-state index in [4.69, 9.17) is 4.52 Å². The summed E-state index contributed by atoms with van der Waals surface area (Å²) in [7, 11) is 0. The molecule has 3 aromatic rings. The molecule has 5 nitrogen and oxygen atoms in total. The molecule has 29 heavy (non-hydrogen) atoms. The van der Waals surface area contributed by atoms with Crippen molar-refractivity contribution in [1.82, 2.24) is 20.4 Å². The molecule has 0 spiro atoms. The molecule has 1 fully saturated rings. The number of fused-ring (bicyclic) bond motifs is 1. The Labute approximate surface area is 160 Å². The normalized spacial score (nSPS) is 16.5. The zero-order chi connectivity index (χ0) is 20.8. The standard InChI is InChI=1S/C18H14F6N4O/c19-17(20,21)12-3-1-2-10-11(8-13(18(22,23)24)26-14(10)12)15-27-16(29-28-15)9-4-6-25-7-5-9/h1-3,8-9,25H,4-7H2. The van der Waals surface area contributed by atoms with Crippen LogP contribution in [-0.2, 0) is 12.4 Å². The van der Waals surface area contributed by atoms with Gasteiger partial charge in [-0.3, -0.25) is 0 Å². The summed E-state index contributed by atoms with van der Waals surface area (Å²) in [6.07, 6.45) is -8.38. The van der Waals surface area contributed by atoms with Crippen LogP contribution in [0.4, 0.5) is 26.3 Å². The van der Waals surface area contributed by atoms with Crippen LogP contribution in [0.5, 0.6) is 0 Å². The van der Waals surface area contributed by atoms with E-state index in [2.05, 4.69) is 20.4 Å². The molecule has 1 aromatic carbocycles. The van der Waals surface area contributed by atoms with Gasteiger partial charge in [0.15, 0.2) is 0 Å². The van der Waals surface area contributed by atoms with Crippen LogP contribution in [0.15, 0.2) is 28.8 Å². The Kier molecular flexibility index (Phi) is 4.72. The van der Waals surface area contributed by atoms with E-state index in [-0.39, 0.29) is 28.6 Å². The molecule has 0 unspecified atom stereocenters. The Morgan fingerprint density at radius 1 is 0.966 bits per heavy atom. The molecule has 1 aliphatic heterocycles. The molecule has 0 atom stereocenters. The zero-order valence-electron chi connectivity index (χ0n) is 14.7. The number of nitrogens with one attached hydrogen (secondary N) is 1. The average molecular weight is 416 g/mol. The maximum Gasteiger partial charge on any atom is 0.433 e. The Bertz CT molecular complexity index is 1040. The van der Waals surface area contributed by atoms with E-state index in [1.54, 1.807) is 0 Å². The molecule has 3 heterocycles. The molecule has 4 rings (SSSR count). The van der Waals surface area contributed by atoms with Gasteiger partial charge >= 0.3 is 12.4 Å². The van der Waals surface area contributed by atoms with Gasteiger partial charge in [-0.1, -0.05) is 17.3 Å². The Balaban J connectivity index is 1.91. The monoisotopic (exact) mass is 416 g/mol. The maximum atomic E-state index is 13.4. The van der Waals surface area contributed by atoms with Crippen LogP contribution in [0.2, 0.25) is 0 Å². The quantitative estimate of drug-likeness (QED) is 0.609. The van der Waals surface area contributed by atoms with E-state index in [1.165, 1.54) is 6.07 Å². The highest BCUT2D eigenvalue weighted by Gasteiger charge is 2.38. The van der Waals surface area contributed by atoms with E-state index in [1.807, 2.05) is 0 Å². The summed E-state index contributed by atoms with van der Waals surface area (Å²) < 4.78 is 85.2. The second kappa shape index (κ2) is 6.97. The number of para-hydroxylation sites is 1. The third-order valence-corrected chi connectivity index (χ3v) is 4.81. The first-order valence-corrected chi connectivity index (χ1v) is 8.77. The summed E-state index contributed by atoms with van der Waals surface area (Å²) in [6.45, 7) is 1.46. The number of alkyl halides is 6. The van der Waals surface area contributed by atoms with Crippen molar-refractivity contribution in [3.05, 3.63) is 41.4 Å². The molecule has 0 radical (unpaired) electrons. The smallest absolute Gasteiger partial charge is 0.339 e. The average Bonchev–Trinajstić information content (AvgIpc) is 3.16. The molecular formula is C18H14F6N4O. The highest BCUT2D eigenvalue weighted by Crippen LogP contribution is 2.40. The van der Waals surface area contributed by atoms with E-state index < -0.39 is 29.1 Å². The van der Waals surface area contributed by atoms with Gasteiger partial charge in [0, 0.05) is 16.9 Å². The maximum absolute atomic E-state index is 13.4. The van der Waals surface area contributed by atoms with E-state index in [9.17, 15) is 26.3 Å². The van der Waals surface area contributed by atoms with Gasteiger partial charge in [0.05, 0.1) is 11.1 Å². The van der Waals surface area contributed by atoms with Crippen LogP contribution in [0.3, 0.4) is 0 Å². The highest BCUT2D eigenvalue weighted by molar-refractivity contribution is 5.95. The number of rotatable bonds is 2. The summed E-state index contributed by atoms with van der Waals surface area (Å²) in [5.41, 5.74) is -3.73.